The molecule has 0 radical (unpaired) electrons. The molecule has 3 nitrogen and oxygen atoms in total. The molecule has 0 aliphatic carbocycles. The van der Waals surface area contributed by atoms with Crippen molar-refractivity contribution in [2.45, 2.75) is 0 Å². The molecule has 0 fully saturated rings. The molecule has 0 aliphatic heterocycles. The van der Waals surface area contributed by atoms with Gasteiger partial charge in [0.15, 0.2) is 0 Å². The molecule has 3 rings (SSSR count). The quantitative estimate of drug-likeness (QED) is 0.418. The van der Waals surface area contributed by atoms with Gasteiger partial charge >= 0.3 is 166 Å². The number of benzene rings is 3. The molecule has 26 heavy (non-hydrogen) atoms. The summed E-state index contributed by atoms with van der Waals surface area (Å²) >= 11 is 3.81. The third-order valence-electron chi connectivity index (χ3n) is 4.38. The van der Waals surface area contributed by atoms with Crippen LogP contribution in [-0.4, -0.2) is 21.3 Å². The summed E-state index contributed by atoms with van der Waals surface area (Å²) < 4.78 is 17.1. The SMILES string of the molecule is COc1ccccc1[PH]([Pd])(c1ccccc1OC)c1ccccc1OC. The summed E-state index contributed by atoms with van der Waals surface area (Å²) in [6, 6.07) is 24.4. The van der Waals surface area contributed by atoms with Gasteiger partial charge in [0, 0.05) is 0 Å². The van der Waals surface area contributed by atoms with Crippen molar-refractivity contribution in [1.29, 1.82) is 0 Å². The summed E-state index contributed by atoms with van der Waals surface area (Å²) in [4.78, 5) is 0. The summed E-state index contributed by atoms with van der Waals surface area (Å²) in [7, 11) is 5.11. The van der Waals surface area contributed by atoms with Crippen LogP contribution in [0.25, 0.3) is 0 Å². The molecule has 5 heteroatoms. The van der Waals surface area contributed by atoms with E-state index in [2.05, 4.69) is 36.9 Å². The zero-order valence-electron chi connectivity index (χ0n) is 15.0. The van der Waals surface area contributed by atoms with E-state index in [1.165, 1.54) is 0 Å². The van der Waals surface area contributed by atoms with Crippen molar-refractivity contribution in [2.75, 3.05) is 21.3 Å². The van der Waals surface area contributed by atoms with Gasteiger partial charge in [0.05, 0.1) is 0 Å². The summed E-state index contributed by atoms with van der Waals surface area (Å²) in [5.74, 6) is 2.55. The van der Waals surface area contributed by atoms with Crippen LogP contribution in [0.5, 0.6) is 17.2 Å². The van der Waals surface area contributed by atoms with Crippen molar-refractivity contribution < 1.29 is 32.9 Å². The van der Waals surface area contributed by atoms with Crippen molar-refractivity contribution in [3.05, 3.63) is 72.8 Å². The Morgan fingerprint density at radius 3 is 1.08 bits per heavy atom. The second-order valence-corrected chi connectivity index (χ2v) is 12.1. The molecule has 0 atom stereocenters. The van der Waals surface area contributed by atoms with Crippen LogP contribution in [-0.2, 0) is 18.7 Å². The Labute approximate surface area is 165 Å². The Kier molecular flexibility index (Phi) is 5.99. The molecule has 0 saturated carbocycles. The second-order valence-electron chi connectivity index (χ2n) is 5.71. The number of hydrogen-bond donors (Lipinski definition) is 0. The van der Waals surface area contributed by atoms with Gasteiger partial charge in [-0.25, -0.2) is 0 Å². The number of methoxy groups -OCH3 is 3. The van der Waals surface area contributed by atoms with Crippen LogP contribution < -0.4 is 30.1 Å². The minimum atomic E-state index is -2.60. The van der Waals surface area contributed by atoms with E-state index >= 15 is 0 Å². The number of rotatable bonds is 6. The molecular weight excluding hydrogens is 438 g/mol. The average molecular weight is 460 g/mol. The topological polar surface area (TPSA) is 27.7 Å². The van der Waals surface area contributed by atoms with Gasteiger partial charge in [-0.2, -0.15) is 0 Å². The average Bonchev–Trinajstić information content (AvgIpc) is 2.73. The van der Waals surface area contributed by atoms with Crippen LogP contribution in [0.15, 0.2) is 72.8 Å². The van der Waals surface area contributed by atoms with Gasteiger partial charge in [-0.05, 0) is 0 Å². The van der Waals surface area contributed by atoms with Crippen LogP contribution in [0.1, 0.15) is 0 Å². The molecule has 0 unspecified atom stereocenters. The molecule has 3 aromatic carbocycles. The number of para-hydroxylation sites is 3. The van der Waals surface area contributed by atoms with E-state index in [4.69, 9.17) is 14.2 Å². The van der Waals surface area contributed by atoms with Gasteiger partial charge in [-0.3, -0.25) is 0 Å². The monoisotopic (exact) mass is 459 g/mol. The number of hydrogen-bond acceptors (Lipinski definition) is 3. The van der Waals surface area contributed by atoms with E-state index in [1.807, 2.05) is 54.6 Å². The first-order valence-corrected chi connectivity index (χ1v) is 12.4. The van der Waals surface area contributed by atoms with Crippen molar-refractivity contribution in [3.8, 4) is 17.2 Å². The van der Waals surface area contributed by atoms with Gasteiger partial charge in [0.2, 0.25) is 0 Å². The van der Waals surface area contributed by atoms with E-state index in [-0.39, 0.29) is 0 Å². The molecule has 0 N–H and O–H groups in total. The van der Waals surface area contributed by atoms with Gasteiger partial charge in [0.25, 0.3) is 0 Å². The van der Waals surface area contributed by atoms with E-state index in [0.717, 1.165) is 33.2 Å². The normalized spacial score (nSPS) is 11.7. The van der Waals surface area contributed by atoms with Crippen molar-refractivity contribution in [3.63, 3.8) is 0 Å². The molecule has 0 aliphatic rings. The third kappa shape index (κ3) is 3.26. The maximum absolute atomic E-state index is 5.71. The molecule has 0 amide bonds. The summed E-state index contributed by atoms with van der Waals surface area (Å²) in [5.41, 5.74) is -2.60. The fourth-order valence-corrected chi connectivity index (χ4v) is 9.42. The fourth-order valence-electron chi connectivity index (χ4n) is 3.18. The first-order valence-electron chi connectivity index (χ1n) is 8.23. The van der Waals surface area contributed by atoms with Crippen molar-refractivity contribution >= 4 is 21.4 Å². The summed E-state index contributed by atoms with van der Waals surface area (Å²) in [5, 5.41) is 3.37. The van der Waals surface area contributed by atoms with Gasteiger partial charge in [-0.1, -0.05) is 0 Å². The molecule has 0 bridgehead atoms. The fraction of sp³-hybridized carbons (Fsp3) is 0.143. The Morgan fingerprint density at radius 1 is 0.538 bits per heavy atom. The predicted octanol–water partition coefficient (Wildman–Crippen LogP) is 3.20. The van der Waals surface area contributed by atoms with Crippen LogP contribution in [0, 0.1) is 0 Å². The molecule has 3 aromatic rings. The zero-order chi connectivity index (χ0) is 18.6. The Morgan fingerprint density at radius 2 is 0.808 bits per heavy atom. The van der Waals surface area contributed by atoms with E-state index in [9.17, 15) is 0 Å². The predicted molar refractivity (Wildman–Crippen MR) is 106 cm³/mol. The maximum atomic E-state index is 5.71. The summed E-state index contributed by atoms with van der Waals surface area (Å²) in [6.07, 6.45) is 0. The van der Waals surface area contributed by atoms with E-state index in [0.29, 0.717) is 0 Å². The van der Waals surface area contributed by atoms with E-state index in [1.54, 1.807) is 21.3 Å². The Bertz CT molecular complexity index is 782. The minimum absolute atomic E-state index is 0.850. The van der Waals surface area contributed by atoms with Crippen LogP contribution >= 0.6 is 5.45 Å². The zero-order valence-corrected chi connectivity index (χ0v) is 17.5. The Balaban J connectivity index is 2.40. The first-order chi connectivity index (χ1) is 12.7. The van der Waals surface area contributed by atoms with Gasteiger partial charge in [0.1, 0.15) is 0 Å². The standard InChI is InChI=1S/C21H21O3P.Pd/c1-22-16-10-4-7-13-19(16)25(20-14-8-5-11-17(20)23-2)21-15-9-6-12-18(21)24-3;/h4-15H,1-3H3;/q;-1/p+1. The molecule has 0 heterocycles. The van der Waals surface area contributed by atoms with Crippen molar-refractivity contribution in [2.24, 2.45) is 0 Å². The van der Waals surface area contributed by atoms with Crippen molar-refractivity contribution in [1.82, 2.24) is 0 Å². The third-order valence-corrected chi connectivity index (χ3v) is 11.5. The van der Waals surface area contributed by atoms with Crippen LogP contribution in [0.4, 0.5) is 0 Å². The summed E-state index contributed by atoms with van der Waals surface area (Å²) in [6.45, 7) is 0. The molecule has 0 spiro atoms. The number of ether oxygens (including phenoxy) is 3. The molecular formula is C21H22O3PPd. The molecule has 139 valence electrons. The molecule has 0 saturated heterocycles. The van der Waals surface area contributed by atoms with E-state index < -0.39 is 5.45 Å². The van der Waals surface area contributed by atoms with Crippen LogP contribution in [0.3, 0.4) is 0 Å². The first kappa shape index (κ1) is 18.9. The van der Waals surface area contributed by atoms with Gasteiger partial charge < -0.3 is 0 Å². The Hall–Kier alpha value is -1.85. The van der Waals surface area contributed by atoms with Crippen LogP contribution in [0.2, 0.25) is 0 Å². The molecule has 0 aromatic heterocycles. The van der Waals surface area contributed by atoms with Gasteiger partial charge in [-0.15, -0.1) is 0 Å². The second kappa shape index (κ2) is 8.23.